The molecule has 1 aromatic rings. The Morgan fingerprint density at radius 1 is 1.36 bits per heavy atom. The Bertz CT molecular complexity index is 639. The van der Waals surface area contributed by atoms with E-state index in [1.54, 1.807) is 26.0 Å². The van der Waals surface area contributed by atoms with E-state index >= 15 is 0 Å². The number of carbonyl (C=O) groups is 4. The van der Waals surface area contributed by atoms with Gasteiger partial charge in [0.15, 0.2) is 0 Å². The van der Waals surface area contributed by atoms with E-state index in [0.29, 0.717) is 25.1 Å². The minimum atomic E-state index is -0.845. The van der Waals surface area contributed by atoms with Gasteiger partial charge in [0.05, 0.1) is 12.3 Å². The lowest BCUT2D eigenvalue weighted by Gasteiger charge is -2.26. The van der Waals surface area contributed by atoms with Crippen molar-refractivity contribution in [1.29, 1.82) is 0 Å². The van der Waals surface area contributed by atoms with Crippen molar-refractivity contribution in [2.75, 3.05) is 6.54 Å². The van der Waals surface area contributed by atoms with E-state index in [-0.39, 0.29) is 18.2 Å². The fraction of sp³-hybridized carbons (Fsp3) is 0.529. The lowest BCUT2D eigenvalue weighted by Crippen LogP contribution is -2.58. The molecule has 2 rings (SSSR count). The molecule has 3 N–H and O–H groups in total. The van der Waals surface area contributed by atoms with E-state index in [2.05, 4.69) is 16.0 Å². The lowest BCUT2D eigenvalue weighted by atomic mass is 10.00. The molecule has 0 bridgehead atoms. The molecule has 1 aliphatic heterocycles. The summed E-state index contributed by atoms with van der Waals surface area (Å²) in [4.78, 5) is 47.7. The second kappa shape index (κ2) is 8.46. The van der Waals surface area contributed by atoms with E-state index in [0.717, 1.165) is 0 Å². The Morgan fingerprint density at radius 2 is 2.12 bits per heavy atom. The number of hydrogen-bond donors (Lipinski definition) is 3. The van der Waals surface area contributed by atoms with Gasteiger partial charge in [-0.25, -0.2) is 0 Å². The molecule has 2 atom stereocenters. The van der Waals surface area contributed by atoms with Crippen molar-refractivity contribution in [3.05, 3.63) is 24.2 Å². The molecule has 1 aromatic heterocycles. The average molecular weight is 349 g/mol. The molecule has 0 saturated carbocycles. The average Bonchev–Trinajstić information content (AvgIpc) is 3.08. The van der Waals surface area contributed by atoms with Crippen LogP contribution in [0.25, 0.3) is 0 Å². The van der Waals surface area contributed by atoms with Gasteiger partial charge in [0.1, 0.15) is 11.8 Å². The van der Waals surface area contributed by atoms with Crippen molar-refractivity contribution in [3.8, 4) is 0 Å². The molecular weight excluding hydrogens is 326 g/mol. The van der Waals surface area contributed by atoms with Gasteiger partial charge in [0.2, 0.25) is 17.6 Å². The quantitative estimate of drug-likeness (QED) is 0.596. The zero-order valence-electron chi connectivity index (χ0n) is 14.3. The van der Waals surface area contributed by atoms with Crippen LogP contribution in [0.4, 0.5) is 0 Å². The topological polar surface area (TPSA) is 118 Å². The van der Waals surface area contributed by atoms with Crippen molar-refractivity contribution in [2.45, 2.75) is 45.2 Å². The van der Waals surface area contributed by atoms with Crippen LogP contribution in [0.15, 0.2) is 22.8 Å². The van der Waals surface area contributed by atoms with Crippen LogP contribution < -0.4 is 16.0 Å². The second-order valence-electron chi connectivity index (χ2n) is 6.34. The summed E-state index contributed by atoms with van der Waals surface area (Å²) in [6.45, 7) is 3.93. The van der Waals surface area contributed by atoms with Crippen molar-refractivity contribution in [3.63, 3.8) is 0 Å². The molecule has 8 nitrogen and oxygen atoms in total. The van der Waals surface area contributed by atoms with E-state index in [4.69, 9.17) is 4.42 Å². The van der Waals surface area contributed by atoms with Gasteiger partial charge in [-0.2, -0.15) is 0 Å². The summed E-state index contributed by atoms with van der Waals surface area (Å²) in [5, 5.41) is 7.69. The summed E-state index contributed by atoms with van der Waals surface area (Å²) >= 11 is 0. The van der Waals surface area contributed by atoms with Crippen LogP contribution in [0.5, 0.6) is 0 Å². The van der Waals surface area contributed by atoms with Gasteiger partial charge in [-0.05, 0) is 24.5 Å². The Balaban J connectivity index is 1.90. The summed E-state index contributed by atoms with van der Waals surface area (Å²) in [6.07, 6.45) is 2.50. The Kier molecular flexibility index (Phi) is 6.32. The van der Waals surface area contributed by atoms with Crippen LogP contribution in [0.1, 0.15) is 32.4 Å². The number of carbonyl (C=O) groups excluding carboxylic acids is 4. The highest BCUT2D eigenvalue weighted by Gasteiger charge is 2.33. The number of hydrogen-bond acceptors (Lipinski definition) is 5. The van der Waals surface area contributed by atoms with Gasteiger partial charge in [0, 0.05) is 19.4 Å². The van der Waals surface area contributed by atoms with Crippen LogP contribution in [0.2, 0.25) is 0 Å². The predicted octanol–water partition coefficient (Wildman–Crippen LogP) is -0.0732. The Labute approximate surface area is 145 Å². The largest absolute Gasteiger partial charge is 0.469 e. The van der Waals surface area contributed by atoms with Crippen molar-refractivity contribution < 1.29 is 23.6 Å². The molecule has 3 amide bonds. The molecule has 1 aliphatic rings. The molecule has 2 unspecified atom stereocenters. The van der Waals surface area contributed by atoms with Gasteiger partial charge in [-0.3, -0.25) is 19.2 Å². The third kappa shape index (κ3) is 5.17. The maximum atomic E-state index is 12.4. The highest BCUT2D eigenvalue weighted by molar-refractivity contribution is 6.39. The van der Waals surface area contributed by atoms with Crippen molar-refractivity contribution >= 4 is 23.5 Å². The standard InChI is InChI=1S/C17H23N3O5/c1-10(2)14(20-13(21)6-5-11-4-3-9-25-11)16(23)19-12-7-8-18-17(24)15(12)22/h3-4,9-10,12,14H,5-8H2,1-2H3,(H,18,24)(H,19,23)(H,20,21). The SMILES string of the molecule is CC(C)C(NC(=O)CCc1ccco1)C(=O)NC1CCNC(=O)C1=O. The summed E-state index contributed by atoms with van der Waals surface area (Å²) in [6, 6.07) is 1.90. The minimum Gasteiger partial charge on any atom is -0.469 e. The number of nitrogens with one attached hydrogen (secondary N) is 3. The fourth-order valence-corrected chi connectivity index (χ4v) is 2.58. The summed E-state index contributed by atoms with van der Waals surface area (Å²) in [5.41, 5.74) is 0. The van der Waals surface area contributed by atoms with Crippen molar-refractivity contribution in [2.24, 2.45) is 5.92 Å². The van der Waals surface area contributed by atoms with Gasteiger partial charge in [0.25, 0.3) is 5.91 Å². The molecule has 0 radical (unpaired) electrons. The molecule has 25 heavy (non-hydrogen) atoms. The van der Waals surface area contributed by atoms with Crippen LogP contribution in [0, 0.1) is 5.92 Å². The van der Waals surface area contributed by atoms with Crippen LogP contribution >= 0.6 is 0 Å². The molecule has 2 heterocycles. The minimum absolute atomic E-state index is 0.167. The second-order valence-corrected chi connectivity index (χ2v) is 6.34. The molecule has 0 spiro atoms. The van der Waals surface area contributed by atoms with E-state index in [9.17, 15) is 19.2 Å². The van der Waals surface area contributed by atoms with E-state index < -0.39 is 29.7 Å². The van der Waals surface area contributed by atoms with Gasteiger partial charge < -0.3 is 20.4 Å². The number of Topliss-reactive ketones (excluding diaryl/α,β-unsaturated/α-hetero) is 1. The van der Waals surface area contributed by atoms with Crippen LogP contribution in [0.3, 0.4) is 0 Å². The molecule has 0 aromatic carbocycles. The zero-order chi connectivity index (χ0) is 18.4. The Morgan fingerprint density at radius 3 is 2.76 bits per heavy atom. The predicted molar refractivity (Wildman–Crippen MR) is 88.4 cm³/mol. The highest BCUT2D eigenvalue weighted by atomic mass is 16.3. The first-order valence-corrected chi connectivity index (χ1v) is 8.32. The third-order valence-corrected chi connectivity index (χ3v) is 4.02. The number of furan rings is 1. The first-order chi connectivity index (χ1) is 11.9. The summed E-state index contributed by atoms with van der Waals surface area (Å²) < 4.78 is 5.17. The zero-order valence-corrected chi connectivity index (χ0v) is 14.3. The van der Waals surface area contributed by atoms with Crippen LogP contribution in [-0.2, 0) is 25.6 Å². The third-order valence-electron chi connectivity index (χ3n) is 4.02. The normalized spacial score (nSPS) is 18.6. The highest BCUT2D eigenvalue weighted by Crippen LogP contribution is 2.08. The molecular formula is C17H23N3O5. The maximum absolute atomic E-state index is 12.4. The summed E-state index contributed by atoms with van der Waals surface area (Å²) in [7, 11) is 0. The molecule has 0 aliphatic carbocycles. The van der Waals surface area contributed by atoms with Crippen LogP contribution in [-0.4, -0.2) is 42.1 Å². The first kappa shape index (κ1) is 18.7. The number of ketones is 1. The molecule has 136 valence electrons. The maximum Gasteiger partial charge on any atom is 0.289 e. The molecule has 1 saturated heterocycles. The molecule has 8 heteroatoms. The van der Waals surface area contributed by atoms with Gasteiger partial charge in [-0.15, -0.1) is 0 Å². The van der Waals surface area contributed by atoms with Gasteiger partial charge in [-0.1, -0.05) is 13.8 Å². The number of aryl methyl sites for hydroxylation is 1. The lowest BCUT2D eigenvalue weighted by molar-refractivity contribution is -0.142. The monoisotopic (exact) mass is 349 g/mol. The number of amides is 3. The van der Waals surface area contributed by atoms with Crippen molar-refractivity contribution in [1.82, 2.24) is 16.0 Å². The first-order valence-electron chi connectivity index (χ1n) is 8.32. The fourth-order valence-electron chi connectivity index (χ4n) is 2.58. The number of rotatable bonds is 7. The van der Waals surface area contributed by atoms with Gasteiger partial charge >= 0.3 is 0 Å². The molecule has 1 fully saturated rings. The van der Waals surface area contributed by atoms with E-state index in [1.165, 1.54) is 6.26 Å². The van der Waals surface area contributed by atoms with E-state index in [1.807, 2.05) is 0 Å². The smallest absolute Gasteiger partial charge is 0.289 e. The summed E-state index contributed by atoms with van der Waals surface area (Å²) in [5.74, 6) is -1.57. The number of piperidine rings is 1. The Hall–Kier alpha value is -2.64.